The molecule has 3 aromatic rings. The Hall–Kier alpha value is -2.06. The van der Waals surface area contributed by atoms with Crippen LogP contribution in [0.15, 0.2) is 57.9 Å². The Morgan fingerprint density at radius 1 is 1.10 bits per heavy atom. The lowest BCUT2D eigenvalue weighted by Crippen LogP contribution is -2.02. The van der Waals surface area contributed by atoms with Crippen molar-refractivity contribution >= 4 is 28.3 Å². The highest BCUT2D eigenvalue weighted by Crippen LogP contribution is 2.32. The van der Waals surface area contributed by atoms with Gasteiger partial charge in [-0.1, -0.05) is 54.9 Å². The topological polar surface area (TPSA) is 25.5 Å². The number of para-hydroxylation sites is 1. The average Bonchev–Trinajstić information content (AvgIpc) is 2.86. The first-order chi connectivity index (χ1) is 10.2. The molecular formula is C18H16ClNO. The van der Waals surface area contributed by atoms with Gasteiger partial charge in [0.25, 0.3) is 0 Å². The molecule has 1 aromatic heterocycles. The van der Waals surface area contributed by atoms with E-state index in [1.54, 1.807) is 7.05 Å². The van der Waals surface area contributed by atoms with Gasteiger partial charge in [-0.3, -0.25) is 4.99 Å². The summed E-state index contributed by atoms with van der Waals surface area (Å²) in [5.74, 6) is 0.629. The second-order valence-electron chi connectivity index (χ2n) is 4.86. The minimum Gasteiger partial charge on any atom is -0.453 e. The van der Waals surface area contributed by atoms with Crippen molar-refractivity contribution < 1.29 is 4.42 Å². The fraction of sp³-hybridized carbons (Fsp3) is 0.167. The fourth-order valence-electron chi connectivity index (χ4n) is 2.43. The van der Waals surface area contributed by atoms with Crippen molar-refractivity contribution in [3.63, 3.8) is 0 Å². The molecule has 106 valence electrons. The highest BCUT2D eigenvalue weighted by atomic mass is 35.5. The Morgan fingerprint density at radius 3 is 2.43 bits per heavy atom. The third-order valence-electron chi connectivity index (χ3n) is 3.61. The van der Waals surface area contributed by atoms with Crippen LogP contribution in [0.25, 0.3) is 11.0 Å². The Bertz CT molecular complexity index is 800. The normalized spacial score (nSPS) is 12.0. The third kappa shape index (κ3) is 2.47. The number of fused-ring (bicyclic) bond motifs is 1. The van der Waals surface area contributed by atoms with Gasteiger partial charge in [-0.25, -0.2) is 0 Å². The standard InChI is InChI=1S/C18H16ClNO/c1-3-12-8-10-13(11-9-12)17(20-2)18-16(19)14-6-4-5-7-15(14)21-18/h4-11H,3H2,1-2H3. The maximum atomic E-state index is 6.46. The van der Waals surface area contributed by atoms with Gasteiger partial charge in [0.1, 0.15) is 11.3 Å². The zero-order chi connectivity index (χ0) is 14.8. The predicted molar refractivity (Wildman–Crippen MR) is 88.6 cm³/mol. The van der Waals surface area contributed by atoms with Gasteiger partial charge in [0, 0.05) is 18.0 Å². The molecule has 0 radical (unpaired) electrons. The van der Waals surface area contributed by atoms with Crippen LogP contribution < -0.4 is 0 Å². The third-order valence-corrected chi connectivity index (χ3v) is 3.98. The minimum atomic E-state index is 0.616. The second kappa shape index (κ2) is 5.74. The van der Waals surface area contributed by atoms with Crippen LogP contribution in [0.4, 0.5) is 0 Å². The van der Waals surface area contributed by atoms with Crippen molar-refractivity contribution in [2.45, 2.75) is 13.3 Å². The van der Waals surface area contributed by atoms with Crippen LogP contribution in [-0.2, 0) is 6.42 Å². The lowest BCUT2D eigenvalue weighted by atomic mass is 10.0. The fourth-order valence-corrected chi connectivity index (χ4v) is 2.71. The summed E-state index contributed by atoms with van der Waals surface area (Å²) in [6.45, 7) is 2.14. The van der Waals surface area contributed by atoms with Crippen LogP contribution in [0.2, 0.25) is 5.02 Å². The number of aryl methyl sites for hydroxylation is 1. The van der Waals surface area contributed by atoms with Crippen molar-refractivity contribution in [2.24, 2.45) is 4.99 Å². The van der Waals surface area contributed by atoms with E-state index in [2.05, 4.69) is 36.2 Å². The highest BCUT2D eigenvalue weighted by molar-refractivity contribution is 6.39. The van der Waals surface area contributed by atoms with Crippen molar-refractivity contribution in [3.8, 4) is 0 Å². The molecule has 0 bridgehead atoms. The minimum absolute atomic E-state index is 0.616. The zero-order valence-electron chi connectivity index (χ0n) is 12.1. The molecule has 0 N–H and O–H groups in total. The molecule has 0 aliphatic rings. The average molecular weight is 298 g/mol. The molecule has 0 spiro atoms. The van der Waals surface area contributed by atoms with E-state index in [1.165, 1.54) is 5.56 Å². The SMILES string of the molecule is CCc1ccc(C(=NC)c2oc3ccccc3c2Cl)cc1. The van der Waals surface area contributed by atoms with Gasteiger partial charge < -0.3 is 4.42 Å². The molecule has 3 rings (SSSR count). The molecule has 0 aliphatic carbocycles. The molecule has 3 heteroatoms. The van der Waals surface area contributed by atoms with E-state index < -0.39 is 0 Å². The summed E-state index contributed by atoms with van der Waals surface area (Å²) < 4.78 is 5.90. The smallest absolute Gasteiger partial charge is 0.172 e. The summed E-state index contributed by atoms with van der Waals surface area (Å²) in [5.41, 5.74) is 3.86. The molecule has 0 saturated heterocycles. The van der Waals surface area contributed by atoms with Gasteiger partial charge in [0.2, 0.25) is 0 Å². The molecule has 0 unspecified atom stereocenters. The number of aliphatic imine (C=N–C) groups is 1. The molecular weight excluding hydrogens is 282 g/mol. The predicted octanol–water partition coefficient (Wildman–Crippen LogP) is 5.12. The summed E-state index contributed by atoms with van der Waals surface area (Å²) >= 11 is 6.46. The van der Waals surface area contributed by atoms with E-state index in [1.807, 2.05) is 24.3 Å². The number of benzene rings is 2. The van der Waals surface area contributed by atoms with Crippen molar-refractivity contribution in [1.29, 1.82) is 0 Å². The molecule has 21 heavy (non-hydrogen) atoms. The van der Waals surface area contributed by atoms with E-state index in [9.17, 15) is 0 Å². The lowest BCUT2D eigenvalue weighted by molar-refractivity contribution is 0.605. The van der Waals surface area contributed by atoms with E-state index in [-0.39, 0.29) is 0 Å². The first-order valence-corrected chi connectivity index (χ1v) is 7.36. The lowest BCUT2D eigenvalue weighted by Gasteiger charge is -2.05. The Morgan fingerprint density at radius 2 is 1.81 bits per heavy atom. The second-order valence-corrected chi connectivity index (χ2v) is 5.24. The van der Waals surface area contributed by atoms with Gasteiger partial charge in [-0.15, -0.1) is 0 Å². The maximum Gasteiger partial charge on any atom is 0.172 e. The summed E-state index contributed by atoms with van der Waals surface area (Å²) in [7, 11) is 1.76. The van der Waals surface area contributed by atoms with Crippen LogP contribution >= 0.6 is 11.6 Å². The van der Waals surface area contributed by atoms with Crippen molar-refractivity contribution in [2.75, 3.05) is 7.05 Å². The van der Waals surface area contributed by atoms with Crippen LogP contribution in [0.5, 0.6) is 0 Å². The quantitative estimate of drug-likeness (QED) is 0.616. The van der Waals surface area contributed by atoms with Crippen LogP contribution in [0.1, 0.15) is 23.8 Å². The van der Waals surface area contributed by atoms with E-state index in [0.29, 0.717) is 10.8 Å². The first-order valence-electron chi connectivity index (χ1n) is 6.98. The van der Waals surface area contributed by atoms with E-state index in [0.717, 1.165) is 28.7 Å². The highest BCUT2D eigenvalue weighted by Gasteiger charge is 2.18. The van der Waals surface area contributed by atoms with Gasteiger partial charge in [0.05, 0.1) is 5.02 Å². The largest absolute Gasteiger partial charge is 0.453 e. The number of nitrogens with zero attached hydrogens (tertiary/aromatic N) is 1. The van der Waals surface area contributed by atoms with Crippen LogP contribution in [0.3, 0.4) is 0 Å². The Kier molecular flexibility index (Phi) is 3.80. The van der Waals surface area contributed by atoms with Gasteiger partial charge in [-0.05, 0) is 24.1 Å². The summed E-state index contributed by atoms with van der Waals surface area (Å²) in [6.07, 6.45) is 1.02. The molecule has 2 nitrogen and oxygen atoms in total. The van der Waals surface area contributed by atoms with Gasteiger partial charge in [0.15, 0.2) is 5.76 Å². The number of rotatable bonds is 3. The van der Waals surface area contributed by atoms with Crippen molar-refractivity contribution in [1.82, 2.24) is 0 Å². The Balaban J connectivity index is 2.11. The zero-order valence-corrected chi connectivity index (χ0v) is 12.8. The van der Waals surface area contributed by atoms with E-state index in [4.69, 9.17) is 16.0 Å². The first kappa shape index (κ1) is 13.9. The Labute approximate surface area is 129 Å². The number of halogens is 1. The molecule has 0 saturated carbocycles. The summed E-state index contributed by atoms with van der Waals surface area (Å²) in [4.78, 5) is 4.38. The number of hydrogen-bond acceptors (Lipinski definition) is 2. The molecule has 0 fully saturated rings. The van der Waals surface area contributed by atoms with Gasteiger partial charge in [-0.2, -0.15) is 0 Å². The van der Waals surface area contributed by atoms with Crippen LogP contribution in [0, 0.1) is 0 Å². The summed E-state index contributed by atoms with van der Waals surface area (Å²) in [6, 6.07) is 16.1. The molecule has 0 amide bonds. The number of hydrogen-bond donors (Lipinski definition) is 0. The van der Waals surface area contributed by atoms with Crippen LogP contribution in [-0.4, -0.2) is 12.8 Å². The molecule has 0 aliphatic heterocycles. The monoisotopic (exact) mass is 297 g/mol. The number of furan rings is 1. The molecule has 1 heterocycles. The molecule has 2 aromatic carbocycles. The van der Waals surface area contributed by atoms with E-state index >= 15 is 0 Å². The van der Waals surface area contributed by atoms with Gasteiger partial charge >= 0.3 is 0 Å². The molecule has 0 atom stereocenters. The maximum absolute atomic E-state index is 6.46. The summed E-state index contributed by atoms with van der Waals surface area (Å²) in [5, 5.41) is 1.53. The van der Waals surface area contributed by atoms with Crippen molar-refractivity contribution in [3.05, 3.63) is 70.4 Å².